The van der Waals surface area contributed by atoms with Gasteiger partial charge < -0.3 is 10.1 Å². The Morgan fingerprint density at radius 1 is 1.37 bits per heavy atom. The minimum Gasteiger partial charge on any atom is -0.372 e. The second-order valence-corrected chi connectivity index (χ2v) is 6.14. The molecule has 1 heterocycles. The van der Waals surface area contributed by atoms with Gasteiger partial charge in [0.1, 0.15) is 0 Å². The number of ether oxygens (including phenoxy) is 1. The number of amides is 1. The summed E-state index contributed by atoms with van der Waals surface area (Å²) in [5, 5.41) is 2.98. The maximum atomic E-state index is 12.1. The van der Waals surface area contributed by atoms with Crippen molar-refractivity contribution in [1.82, 2.24) is 5.32 Å². The quantitative estimate of drug-likeness (QED) is 0.842. The number of hydrogen-bond acceptors (Lipinski definition) is 2. The highest BCUT2D eigenvalue weighted by Crippen LogP contribution is 2.22. The van der Waals surface area contributed by atoms with Gasteiger partial charge in [-0.15, -0.1) is 11.6 Å². The van der Waals surface area contributed by atoms with Crippen LogP contribution in [0.4, 0.5) is 0 Å². The number of carbonyl (C=O) groups excluding carboxylic acids is 1. The van der Waals surface area contributed by atoms with E-state index in [1.165, 1.54) is 5.56 Å². The molecule has 2 rings (SSSR count). The summed E-state index contributed by atoms with van der Waals surface area (Å²) in [6, 6.07) is 5.75. The first kappa shape index (κ1) is 14.4. The van der Waals surface area contributed by atoms with Crippen LogP contribution in [0.2, 0.25) is 0 Å². The summed E-state index contributed by atoms with van der Waals surface area (Å²) >= 11 is 5.76. The summed E-state index contributed by atoms with van der Waals surface area (Å²) in [5.74, 6) is 0.580. The van der Waals surface area contributed by atoms with E-state index >= 15 is 0 Å². The van der Waals surface area contributed by atoms with Crippen molar-refractivity contribution < 1.29 is 9.53 Å². The zero-order chi connectivity index (χ0) is 13.9. The van der Waals surface area contributed by atoms with E-state index in [9.17, 15) is 4.79 Å². The molecule has 104 valence electrons. The highest BCUT2D eigenvalue weighted by molar-refractivity contribution is 6.17. The van der Waals surface area contributed by atoms with Gasteiger partial charge in [0.25, 0.3) is 5.91 Å². The Kier molecular flexibility index (Phi) is 4.48. The molecular formula is C15H20ClNO2. The van der Waals surface area contributed by atoms with E-state index in [0.29, 0.717) is 31.2 Å². The molecule has 0 saturated heterocycles. The van der Waals surface area contributed by atoms with Crippen LogP contribution < -0.4 is 5.32 Å². The number of nitrogens with one attached hydrogen (secondary N) is 1. The first-order valence-electron chi connectivity index (χ1n) is 6.55. The Morgan fingerprint density at radius 3 is 2.84 bits per heavy atom. The molecule has 0 spiro atoms. The smallest absolute Gasteiger partial charge is 0.251 e. The number of hydrogen-bond donors (Lipinski definition) is 1. The van der Waals surface area contributed by atoms with Crippen LogP contribution in [0, 0.1) is 5.41 Å². The second-order valence-electron chi connectivity index (χ2n) is 5.76. The van der Waals surface area contributed by atoms with E-state index in [2.05, 4.69) is 19.2 Å². The number of halogens is 1. The Hall–Kier alpha value is -1.06. The van der Waals surface area contributed by atoms with E-state index in [4.69, 9.17) is 16.3 Å². The monoisotopic (exact) mass is 281 g/mol. The van der Waals surface area contributed by atoms with Crippen molar-refractivity contribution in [3.8, 4) is 0 Å². The summed E-state index contributed by atoms with van der Waals surface area (Å²) in [7, 11) is 0. The van der Waals surface area contributed by atoms with Crippen LogP contribution in [0.1, 0.15) is 41.8 Å². The standard InChI is InChI=1S/C15H20ClNO2/c1-15(2,5-6-16)10-17-14(18)11-3-4-12-8-19-9-13(12)7-11/h3-4,7H,5-6,8-10H2,1-2H3,(H,17,18). The molecule has 1 N–H and O–H groups in total. The highest BCUT2D eigenvalue weighted by Gasteiger charge is 2.19. The summed E-state index contributed by atoms with van der Waals surface area (Å²) in [6.07, 6.45) is 0.882. The zero-order valence-electron chi connectivity index (χ0n) is 11.5. The van der Waals surface area contributed by atoms with Crippen molar-refractivity contribution in [1.29, 1.82) is 0 Å². The van der Waals surface area contributed by atoms with E-state index in [-0.39, 0.29) is 11.3 Å². The van der Waals surface area contributed by atoms with Gasteiger partial charge in [0.2, 0.25) is 0 Å². The molecule has 0 unspecified atom stereocenters. The summed E-state index contributed by atoms with van der Waals surface area (Å²) in [6.45, 7) is 6.10. The van der Waals surface area contributed by atoms with Crippen LogP contribution >= 0.6 is 11.6 Å². The average molecular weight is 282 g/mol. The molecule has 0 atom stereocenters. The Bertz CT molecular complexity index is 471. The van der Waals surface area contributed by atoms with Gasteiger partial charge in [-0.25, -0.2) is 0 Å². The number of carbonyl (C=O) groups is 1. The third kappa shape index (κ3) is 3.71. The molecule has 1 aromatic carbocycles. The van der Waals surface area contributed by atoms with Crippen molar-refractivity contribution >= 4 is 17.5 Å². The SMILES string of the molecule is CC(C)(CCCl)CNC(=O)c1ccc2c(c1)COC2. The van der Waals surface area contributed by atoms with E-state index in [0.717, 1.165) is 12.0 Å². The molecular weight excluding hydrogens is 262 g/mol. The molecule has 0 radical (unpaired) electrons. The molecule has 19 heavy (non-hydrogen) atoms. The summed E-state index contributed by atoms with van der Waals surface area (Å²) in [4.78, 5) is 12.1. The fourth-order valence-electron chi connectivity index (χ4n) is 2.08. The first-order chi connectivity index (χ1) is 9.02. The van der Waals surface area contributed by atoms with Gasteiger partial charge in [0.15, 0.2) is 0 Å². The summed E-state index contributed by atoms with van der Waals surface area (Å²) in [5.41, 5.74) is 3.02. The number of fused-ring (bicyclic) bond motifs is 1. The number of alkyl halides is 1. The fourth-order valence-corrected chi connectivity index (χ4v) is 2.59. The van der Waals surface area contributed by atoms with Gasteiger partial charge in [0.05, 0.1) is 13.2 Å². The predicted molar refractivity (Wildman–Crippen MR) is 76.4 cm³/mol. The van der Waals surface area contributed by atoms with E-state index < -0.39 is 0 Å². The lowest BCUT2D eigenvalue weighted by molar-refractivity contribution is 0.0935. The van der Waals surface area contributed by atoms with E-state index in [1.54, 1.807) is 0 Å². The lowest BCUT2D eigenvalue weighted by Crippen LogP contribution is -2.34. The maximum absolute atomic E-state index is 12.1. The molecule has 1 aliphatic rings. The lowest BCUT2D eigenvalue weighted by atomic mass is 9.90. The maximum Gasteiger partial charge on any atom is 0.251 e. The van der Waals surface area contributed by atoms with Crippen molar-refractivity contribution in [2.45, 2.75) is 33.5 Å². The van der Waals surface area contributed by atoms with Gasteiger partial charge in [-0.05, 0) is 35.1 Å². The Balaban J connectivity index is 1.97. The lowest BCUT2D eigenvalue weighted by Gasteiger charge is -2.23. The zero-order valence-corrected chi connectivity index (χ0v) is 12.2. The van der Waals surface area contributed by atoms with E-state index in [1.807, 2.05) is 18.2 Å². The summed E-state index contributed by atoms with van der Waals surface area (Å²) < 4.78 is 5.35. The average Bonchev–Trinajstić information content (AvgIpc) is 2.83. The van der Waals surface area contributed by atoms with Crippen LogP contribution in [-0.4, -0.2) is 18.3 Å². The molecule has 0 bridgehead atoms. The predicted octanol–water partition coefficient (Wildman–Crippen LogP) is 3.10. The highest BCUT2D eigenvalue weighted by atomic mass is 35.5. The number of benzene rings is 1. The molecule has 0 aromatic heterocycles. The van der Waals surface area contributed by atoms with Gasteiger partial charge in [-0.1, -0.05) is 19.9 Å². The van der Waals surface area contributed by atoms with Crippen molar-refractivity contribution in [2.24, 2.45) is 5.41 Å². The Morgan fingerprint density at radius 2 is 2.11 bits per heavy atom. The molecule has 0 saturated carbocycles. The molecule has 1 amide bonds. The van der Waals surface area contributed by atoms with Crippen molar-refractivity contribution in [3.05, 3.63) is 34.9 Å². The number of rotatable bonds is 5. The van der Waals surface area contributed by atoms with Gasteiger partial charge in [0, 0.05) is 18.0 Å². The third-order valence-corrected chi connectivity index (χ3v) is 3.67. The van der Waals surface area contributed by atoms with Crippen LogP contribution in [0.25, 0.3) is 0 Å². The largest absolute Gasteiger partial charge is 0.372 e. The normalized spacial score (nSPS) is 14.3. The van der Waals surface area contributed by atoms with Crippen LogP contribution in [-0.2, 0) is 18.0 Å². The van der Waals surface area contributed by atoms with Gasteiger partial charge >= 0.3 is 0 Å². The van der Waals surface area contributed by atoms with Crippen LogP contribution in [0.15, 0.2) is 18.2 Å². The van der Waals surface area contributed by atoms with Crippen LogP contribution in [0.3, 0.4) is 0 Å². The minimum atomic E-state index is -0.0302. The second kappa shape index (κ2) is 5.93. The molecule has 0 fully saturated rings. The molecule has 4 heteroatoms. The topological polar surface area (TPSA) is 38.3 Å². The minimum absolute atomic E-state index is 0.0250. The van der Waals surface area contributed by atoms with Crippen LogP contribution in [0.5, 0.6) is 0 Å². The molecule has 1 aliphatic heterocycles. The van der Waals surface area contributed by atoms with Crippen molar-refractivity contribution in [2.75, 3.05) is 12.4 Å². The fraction of sp³-hybridized carbons (Fsp3) is 0.533. The molecule has 0 aliphatic carbocycles. The third-order valence-electron chi connectivity index (χ3n) is 3.48. The van der Waals surface area contributed by atoms with Crippen molar-refractivity contribution in [3.63, 3.8) is 0 Å². The molecule has 3 nitrogen and oxygen atoms in total. The molecule has 1 aromatic rings. The first-order valence-corrected chi connectivity index (χ1v) is 7.09. The van der Waals surface area contributed by atoms with Gasteiger partial charge in [-0.3, -0.25) is 4.79 Å². The Labute approximate surface area is 119 Å². The van der Waals surface area contributed by atoms with Gasteiger partial charge in [-0.2, -0.15) is 0 Å².